The molecule has 0 radical (unpaired) electrons. The van der Waals surface area contributed by atoms with Crippen molar-refractivity contribution in [2.24, 2.45) is 0 Å². The van der Waals surface area contributed by atoms with Gasteiger partial charge >= 0.3 is 6.18 Å². The molecule has 0 saturated heterocycles. The first-order valence-corrected chi connectivity index (χ1v) is 9.94. The molecule has 170 valence electrons. The Balaban J connectivity index is 1.54. The number of halogens is 3. The number of alkyl halides is 3. The average molecular weight is 447 g/mol. The molecule has 0 fully saturated rings. The molecule has 0 saturated carbocycles. The van der Waals surface area contributed by atoms with E-state index in [1.165, 1.54) is 13.2 Å². The summed E-state index contributed by atoms with van der Waals surface area (Å²) >= 11 is 0. The van der Waals surface area contributed by atoms with Crippen molar-refractivity contribution in [3.05, 3.63) is 72.1 Å². The fraction of sp³-hybridized carbons (Fsp3) is 0.304. The summed E-state index contributed by atoms with van der Waals surface area (Å²) in [5, 5.41) is 4.33. The molecule has 32 heavy (non-hydrogen) atoms. The number of carbonyl (C=O) groups is 1. The number of amides is 1. The first-order chi connectivity index (χ1) is 15.2. The zero-order chi connectivity index (χ0) is 23.1. The Hall–Kier alpha value is -3.49. The largest absolute Gasteiger partial charge is 0.493 e. The molecule has 0 aliphatic rings. The summed E-state index contributed by atoms with van der Waals surface area (Å²) in [6.45, 7) is -0.980. The van der Waals surface area contributed by atoms with Gasteiger partial charge in [-0.05, 0) is 36.2 Å². The maximum absolute atomic E-state index is 12.5. The van der Waals surface area contributed by atoms with Crippen LogP contribution >= 0.6 is 0 Å². The summed E-state index contributed by atoms with van der Waals surface area (Å²) in [4.78, 5) is 14.2. The summed E-state index contributed by atoms with van der Waals surface area (Å²) in [5.41, 5.74) is 2.60. The van der Waals surface area contributed by atoms with E-state index < -0.39 is 12.8 Å². The zero-order valence-electron chi connectivity index (χ0n) is 17.8. The van der Waals surface area contributed by atoms with Crippen molar-refractivity contribution < 1.29 is 27.4 Å². The van der Waals surface area contributed by atoms with Crippen LogP contribution in [0.3, 0.4) is 0 Å². The molecule has 3 aromatic rings. The number of hydrogen-bond donors (Lipinski definition) is 0. The van der Waals surface area contributed by atoms with Gasteiger partial charge in [-0.25, -0.2) is 4.68 Å². The van der Waals surface area contributed by atoms with Gasteiger partial charge in [0.05, 0.1) is 19.0 Å². The molecule has 9 heteroatoms. The van der Waals surface area contributed by atoms with E-state index in [9.17, 15) is 18.0 Å². The van der Waals surface area contributed by atoms with Gasteiger partial charge in [0.15, 0.2) is 18.1 Å². The van der Waals surface area contributed by atoms with E-state index in [0.717, 1.165) is 16.8 Å². The molecular formula is C23H24F3N3O3. The maximum Gasteiger partial charge on any atom is 0.422 e. The second kappa shape index (κ2) is 10.2. The molecule has 6 nitrogen and oxygen atoms in total. The lowest BCUT2D eigenvalue weighted by molar-refractivity contribution is -0.153. The van der Waals surface area contributed by atoms with Crippen molar-refractivity contribution in [3.8, 4) is 17.2 Å². The Morgan fingerprint density at radius 1 is 1.09 bits per heavy atom. The Morgan fingerprint density at radius 3 is 2.53 bits per heavy atom. The van der Waals surface area contributed by atoms with Crippen LogP contribution in [0, 0.1) is 0 Å². The van der Waals surface area contributed by atoms with Crippen LogP contribution < -0.4 is 9.47 Å². The number of hydrogen-bond acceptors (Lipinski definition) is 4. The molecule has 0 aliphatic carbocycles. The minimum absolute atomic E-state index is 0.00690. The molecule has 3 rings (SSSR count). The Kier molecular flexibility index (Phi) is 7.40. The van der Waals surface area contributed by atoms with Gasteiger partial charge in [-0.15, -0.1) is 0 Å². The number of aryl methyl sites for hydroxylation is 1. The molecule has 0 aliphatic heterocycles. The van der Waals surface area contributed by atoms with E-state index in [1.54, 1.807) is 35.0 Å². The van der Waals surface area contributed by atoms with E-state index in [2.05, 4.69) is 5.10 Å². The Labute approximate surface area is 184 Å². The highest BCUT2D eigenvalue weighted by molar-refractivity contribution is 5.76. The van der Waals surface area contributed by atoms with Crippen molar-refractivity contribution in [1.82, 2.24) is 14.7 Å². The summed E-state index contributed by atoms with van der Waals surface area (Å²) in [6, 6.07) is 14.3. The van der Waals surface area contributed by atoms with E-state index in [-0.39, 0.29) is 23.8 Å². The molecule has 0 atom stereocenters. The minimum Gasteiger partial charge on any atom is -0.493 e. The number of nitrogens with zero attached hydrogens (tertiary/aromatic N) is 3. The normalized spacial score (nSPS) is 11.3. The number of aromatic nitrogens is 2. The highest BCUT2D eigenvalue weighted by Crippen LogP contribution is 2.30. The second-order valence-electron chi connectivity index (χ2n) is 7.27. The van der Waals surface area contributed by atoms with Crippen LogP contribution in [0.2, 0.25) is 0 Å². The number of rotatable bonds is 9. The lowest BCUT2D eigenvalue weighted by atomic mass is 10.1. The smallest absolute Gasteiger partial charge is 0.422 e. The standard InChI is InChI=1S/C23H24F3N3O3/c1-28(14-18-13-27-29(15-18)19-6-4-3-5-7-19)22(30)11-9-17-8-10-20(21(12-17)31-2)32-16-23(24,25)26/h3-8,10,12-13,15H,9,11,14,16H2,1-2H3. The summed E-state index contributed by atoms with van der Waals surface area (Å²) in [7, 11) is 3.07. The maximum atomic E-state index is 12.5. The molecule has 0 unspecified atom stereocenters. The van der Waals surface area contributed by atoms with Crippen LogP contribution in [0.4, 0.5) is 13.2 Å². The van der Waals surface area contributed by atoms with E-state index in [4.69, 9.17) is 9.47 Å². The number of para-hydroxylation sites is 1. The Morgan fingerprint density at radius 2 is 1.84 bits per heavy atom. The fourth-order valence-electron chi connectivity index (χ4n) is 3.11. The van der Waals surface area contributed by atoms with E-state index in [1.807, 2.05) is 36.5 Å². The third-order valence-corrected chi connectivity index (χ3v) is 4.75. The van der Waals surface area contributed by atoms with Crippen molar-refractivity contribution >= 4 is 5.91 Å². The van der Waals surface area contributed by atoms with Gasteiger partial charge in [0.1, 0.15) is 0 Å². The van der Waals surface area contributed by atoms with Gasteiger partial charge < -0.3 is 14.4 Å². The highest BCUT2D eigenvalue weighted by Gasteiger charge is 2.29. The SMILES string of the molecule is COc1cc(CCC(=O)N(C)Cc2cnn(-c3ccccc3)c2)ccc1OCC(F)(F)F. The first kappa shape index (κ1) is 23.2. The van der Waals surface area contributed by atoms with Crippen molar-refractivity contribution in [2.75, 3.05) is 20.8 Å². The molecular weight excluding hydrogens is 423 g/mol. The van der Waals surface area contributed by atoms with Gasteiger partial charge in [-0.3, -0.25) is 4.79 Å². The predicted octanol–water partition coefficient (Wildman–Crippen LogP) is 4.41. The van der Waals surface area contributed by atoms with Crippen molar-refractivity contribution in [1.29, 1.82) is 0 Å². The molecule has 0 bridgehead atoms. The summed E-state index contributed by atoms with van der Waals surface area (Å²) < 4.78 is 48.8. The molecule has 2 aromatic carbocycles. The molecule has 1 amide bonds. The Bertz CT molecular complexity index is 1040. The number of ether oxygens (including phenoxy) is 2. The van der Waals surface area contributed by atoms with Crippen LogP contribution in [0.5, 0.6) is 11.5 Å². The van der Waals surface area contributed by atoms with Crippen LogP contribution in [-0.2, 0) is 17.8 Å². The van der Waals surface area contributed by atoms with Gasteiger partial charge in [0, 0.05) is 31.8 Å². The fourth-order valence-corrected chi connectivity index (χ4v) is 3.11. The summed E-state index contributed by atoms with van der Waals surface area (Å²) in [6.07, 6.45) is -0.166. The zero-order valence-corrected chi connectivity index (χ0v) is 17.8. The van der Waals surface area contributed by atoms with Crippen molar-refractivity contribution in [3.63, 3.8) is 0 Å². The van der Waals surface area contributed by atoms with E-state index >= 15 is 0 Å². The van der Waals surface area contributed by atoms with Crippen LogP contribution in [0.15, 0.2) is 60.9 Å². The van der Waals surface area contributed by atoms with Crippen molar-refractivity contribution in [2.45, 2.75) is 25.6 Å². The molecule has 0 N–H and O–H groups in total. The van der Waals surface area contributed by atoms with Gasteiger partial charge in [-0.2, -0.15) is 18.3 Å². The van der Waals surface area contributed by atoms with E-state index in [0.29, 0.717) is 13.0 Å². The highest BCUT2D eigenvalue weighted by atomic mass is 19.4. The minimum atomic E-state index is -4.43. The lowest BCUT2D eigenvalue weighted by Gasteiger charge is -2.17. The van der Waals surface area contributed by atoms with Gasteiger partial charge in [0.25, 0.3) is 0 Å². The average Bonchev–Trinajstić information content (AvgIpc) is 3.24. The third-order valence-electron chi connectivity index (χ3n) is 4.75. The first-order valence-electron chi connectivity index (χ1n) is 9.94. The van der Waals surface area contributed by atoms with Crippen LogP contribution in [-0.4, -0.2) is 47.5 Å². The predicted molar refractivity (Wildman–Crippen MR) is 113 cm³/mol. The molecule has 1 heterocycles. The molecule has 0 spiro atoms. The number of methoxy groups -OCH3 is 1. The summed E-state index contributed by atoms with van der Waals surface area (Å²) in [5.74, 6) is 0.141. The lowest BCUT2D eigenvalue weighted by Crippen LogP contribution is -2.26. The quantitative estimate of drug-likeness (QED) is 0.488. The van der Waals surface area contributed by atoms with Crippen LogP contribution in [0.25, 0.3) is 5.69 Å². The third kappa shape index (κ3) is 6.50. The number of benzene rings is 2. The second-order valence-corrected chi connectivity index (χ2v) is 7.27. The number of carbonyl (C=O) groups excluding carboxylic acids is 1. The van der Waals surface area contributed by atoms with Gasteiger partial charge in [-0.1, -0.05) is 24.3 Å². The molecule has 1 aromatic heterocycles. The van der Waals surface area contributed by atoms with Gasteiger partial charge in [0.2, 0.25) is 5.91 Å². The topological polar surface area (TPSA) is 56.6 Å². The monoisotopic (exact) mass is 447 g/mol. The van der Waals surface area contributed by atoms with Crippen LogP contribution in [0.1, 0.15) is 17.5 Å².